The van der Waals surface area contributed by atoms with Crippen molar-refractivity contribution in [3.8, 4) is 0 Å². The van der Waals surface area contributed by atoms with E-state index in [1.54, 1.807) is 7.11 Å². The molecule has 0 aromatic carbocycles. The van der Waals surface area contributed by atoms with Crippen LogP contribution in [0, 0.1) is 5.92 Å². The van der Waals surface area contributed by atoms with E-state index in [9.17, 15) is 0 Å². The number of dihydropyridines is 1. The SMILES string of the molecule is COC1NC(Br)=CC=C1C1CC1. The van der Waals surface area contributed by atoms with Gasteiger partial charge in [0.15, 0.2) is 6.23 Å². The Kier molecular flexibility index (Phi) is 2.24. The first-order valence-corrected chi connectivity index (χ1v) is 4.97. The summed E-state index contributed by atoms with van der Waals surface area (Å²) in [6.07, 6.45) is 6.92. The molecule has 0 saturated heterocycles. The van der Waals surface area contributed by atoms with E-state index in [0.29, 0.717) is 0 Å². The van der Waals surface area contributed by atoms with Crippen LogP contribution in [0.1, 0.15) is 12.8 Å². The Morgan fingerprint density at radius 2 is 2.25 bits per heavy atom. The number of nitrogens with one attached hydrogen (secondary N) is 1. The Morgan fingerprint density at radius 3 is 2.83 bits per heavy atom. The number of ether oxygens (including phenoxy) is 1. The molecule has 1 fully saturated rings. The fourth-order valence-electron chi connectivity index (χ4n) is 1.48. The third kappa shape index (κ3) is 1.57. The Balaban J connectivity index is 2.15. The van der Waals surface area contributed by atoms with E-state index in [2.05, 4.69) is 27.3 Å². The first-order chi connectivity index (χ1) is 5.81. The van der Waals surface area contributed by atoms with Crippen molar-refractivity contribution in [1.29, 1.82) is 0 Å². The highest BCUT2D eigenvalue weighted by atomic mass is 79.9. The maximum atomic E-state index is 5.33. The summed E-state index contributed by atoms with van der Waals surface area (Å²) in [5.74, 6) is 0.763. The number of hydrogen-bond acceptors (Lipinski definition) is 2. The molecule has 1 aliphatic carbocycles. The van der Waals surface area contributed by atoms with E-state index >= 15 is 0 Å². The van der Waals surface area contributed by atoms with Crippen molar-refractivity contribution < 1.29 is 4.74 Å². The zero-order valence-corrected chi connectivity index (χ0v) is 8.60. The number of halogens is 1. The van der Waals surface area contributed by atoms with Gasteiger partial charge in [0.2, 0.25) is 0 Å². The van der Waals surface area contributed by atoms with Gasteiger partial charge in [0.05, 0.1) is 4.61 Å². The second kappa shape index (κ2) is 3.23. The monoisotopic (exact) mass is 229 g/mol. The molecule has 0 aromatic heterocycles. The lowest BCUT2D eigenvalue weighted by atomic mass is 10.1. The normalized spacial score (nSPS) is 29.0. The molecule has 0 bridgehead atoms. The molecule has 66 valence electrons. The molecule has 1 atom stereocenters. The molecular weight excluding hydrogens is 218 g/mol. The van der Waals surface area contributed by atoms with E-state index in [4.69, 9.17) is 4.74 Å². The third-order valence-electron chi connectivity index (χ3n) is 2.28. The summed E-state index contributed by atoms with van der Waals surface area (Å²) in [4.78, 5) is 0. The maximum Gasteiger partial charge on any atom is 0.150 e. The molecular formula is C9H12BrNO. The molecule has 1 heterocycles. The molecule has 0 aromatic rings. The summed E-state index contributed by atoms with van der Waals surface area (Å²) in [7, 11) is 1.74. The van der Waals surface area contributed by atoms with Crippen LogP contribution in [0.25, 0.3) is 0 Å². The molecule has 1 unspecified atom stereocenters. The molecule has 2 rings (SSSR count). The van der Waals surface area contributed by atoms with Crippen molar-refractivity contribution in [2.45, 2.75) is 19.1 Å². The number of methoxy groups -OCH3 is 1. The van der Waals surface area contributed by atoms with Crippen LogP contribution < -0.4 is 5.32 Å². The van der Waals surface area contributed by atoms with Crippen LogP contribution in [-0.4, -0.2) is 13.3 Å². The van der Waals surface area contributed by atoms with Crippen molar-refractivity contribution in [3.63, 3.8) is 0 Å². The molecule has 2 nitrogen and oxygen atoms in total. The minimum absolute atomic E-state index is 0.0804. The van der Waals surface area contributed by atoms with Gasteiger partial charge in [-0.3, -0.25) is 0 Å². The summed E-state index contributed by atoms with van der Waals surface area (Å²) >= 11 is 3.39. The van der Waals surface area contributed by atoms with Crippen LogP contribution >= 0.6 is 15.9 Å². The summed E-state index contributed by atoms with van der Waals surface area (Å²) in [5, 5.41) is 3.22. The minimum atomic E-state index is 0.0804. The van der Waals surface area contributed by atoms with Gasteiger partial charge in [0.1, 0.15) is 0 Å². The molecule has 2 aliphatic rings. The fourth-order valence-corrected chi connectivity index (χ4v) is 1.82. The van der Waals surface area contributed by atoms with E-state index in [1.807, 2.05) is 6.08 Å². The van der Waals surface area contributed by atoms with Crippen LogP contribution in [-0.2, 0) is 4.74 Å². The summed E-state index contributed by atoms with van der Waals surface area (Å²) in [6.45, 7) is 0. The van der Waals surface area contributed by atoms with Gasteiger partial charge in [0, 0.05) is 7.11 Å². The number of rotatable bonds is 2. The predicted octanol–water partition coefficient (Wildman–Crippen LogP) is 2.13. The van der Waals surface area contributed by atoms with Gasteiger partial charge in [-0.2, -0.15) is 0 Å². The van der Waals surface area contributed by atoms with Crippen molar-refractivity contribution in [1.82, 2.24) is 5.32 Å². The average Bonchev–Trinajstić information content (AvgIpc) is 2.87. The van der Waals surface area contributed by atoms with Crippen molar-refractivity contribution in [3.05, 3.63) is 22.3 Å². The zero-order chi connectivity index (χ0) is 8.55. The predicted molar refractivity (Wildman–Crippen MR) is 51.7 cm³/mol. The lowest BCUT2D eigenvalue weighted by Crippen LogP contribution is -2.33. The van der Waals surface area contributed by atoms with Gasteiger partial charge in [-0.1, -0.05) is 6.08 Å². The van der Waals surface area contributed by atoms with Gasteiger partial charge in [-0.05, 0) is 46.3 Å². The third-order valence-corrected chi connectivity index (χ3v) is 2.77. The molecule has 0 spiro atoms. The van der Waals surface area contributed by atoms with Gasteiger partial charge < -0.3 is 10.1 Å². The summed E-state index contributed by atoms with van der Waals surface area (Å²) < 4.78 is 6.32. The van der Waals surface area contributed by atoms with E-state index in [-0.39, 0.29) is 6.23 Å². The van der Waals surface area contributed by atoms with Gasteiger partial charge in [-0.15, -0.1) is 0 Å². The minimum Gasteiger partial charge on any atom is -0.358 e. The standard InChI is InChI=1S/C9H12BrNO/c1-12-9-7(6-2-3-6)4-5-8(10)11-9/h4-6,9,11H,2-3H2,1H3. The lowest BCUT2D eigenvalue weighted by Gasteiger charge is -2.23. The second-order valence-electron chi connectivity index (χ2n) is 3.22. The number of allylic oxidation sites excluding steroid dienone is 2. The van der Waals surface area contributed by atoms with Crippen molar-refractivity contribution in [2.75, 3.05) is 7.11 Å². The molecule has 0 amide bonds. The van der Waals surface area contributed by atoms with Crippen molar-refractivity contribution >= 4 is 15.9 Å². The smallest absolute Gasteiger partial charge is 0.150 e. The Hall–Kier alpha value is -0.280. The van der Waals surface area contributed by atoms with Crippen LogP contribution in [0.3, 0.4) is 0 Å². The molecule has 1 aliphatic heterocycles. The van der Waals surface area contributed by atoms with Gasteiger partial charge in [0.25, 0.3) is 0 Å². The Labute approximate surface area is 80.8 Å². The average molecular weight is 230 g/mol. The summed E-state index contributed by atoms with van der Waals surface area (Å²) in [6, 6.07) is 0. The first-order valence-electron chi connectivity index (χ1n) is 4.18. The second-order valence-corrected chi connectivity index (χ2v) is 4.07. The van der Waals surface area contributed by atoms with Crippen LogP contribution in [0.4, 0.5) is 0 Å². The zero-order valence-electron chi connectivity index (χ0n) is 7.01. The lowest BCUT2D eigenvalue weighted by molar-refractivity contribution is 0.109. The largest absolute Gasteiger partial charge is 0.358 e. The molecule has 0 radical (unpaired) electrons. The van der Waals surface area contributed by atoms with E-state index < -0.39 is 0 Å². The highest BCUT2D eigenvalue weighted by Crippen LogP contribution is 2.39. The van der Waals surface area contributed by atoms with E-state index in [0.717, 1.165) is 10.5 Å². The van der Waals surface area contributed by atoms with Crippen molar-refractivity contribution in [2.24, 2.45) is 5.92 Å². The van der Waals surface area contributed by atoms with E-state index in [1.165, 1.54) is 18.4 Å². The van der Waals surface area contributed by atoms with Gasteiger partial charge in [-0.25, -0.2) is 0 Å². The molecule has 1 N–H and O–H groups in total. The Bertz CT molecular complexity index is 243. The highest BCUT2D eigenvalue weighted by Gasteiger charge is 2.32. The molecule has 12 heavy (non-hydrogen) atoms. The summed E-state index contributed by atoms with van der Waals surface area (Å²) in [5.41, 5.74) is 1.39. The topological polar surface area (TPSA) is 21.3 Å². The highest BCUT2D eigenvalue weighted by molar-refractivity contribution is 9.11. The van der Waals surface area contributed by atoms with Crippen LogP contribution in [0.2, 0.25) is 0 Å². The van der Waals surface area contributed by atoms with Crippen LogP contribution in [0.5, 0.6) is 0 Å². The maximum absolute atomic E-state index is 5.33. The quantitative estimate of drug-likeness (QED) is 0.734. The fraction of sp³-hybridized carbons (Fsp3) is 0.556. The van der Waals surface area contributed by atoms with Crippen LogP contribution in [0.15, 0.2) is 22.3 Å². The first kappa shape index (κ1) is 8.32. The molecule has 3 heteroatoms. The number of hydrogen-bond donors (Lipinski definition) is 1. The molecule has 1 saturated carbocycles. The van der Waals surface area contributed by atoms with Gasteiger partial charge >= 0.3 is 0 Å². The Morgan fingerprint density at radius 1 is 1.50 bits per heavy atom.